The summed E-state index contributed by atoms with van der Waals surface area (Å²) < 4.78 is 5.47. The van der Waals surface area contributed by atoms with E-state index in [0.29, 0.717) is 10.8 Å². The maximum absolute atomic E-state index is 5.47. The summed E-state index contributed by atoms with van der Waals surface area (Å²) in [6.45, 7) is 11.1. The molecule has 0 aromatic rings. The van der Waals surface area contributed by atoms with Gasteiger partial charge in [-0.1, -0.05) is 36.7 Å². The molecule has 2 heteroatoms. The Morgan fingerprint density at radius 3 is 2.28 bits per heavy atom. The highest BCUT2D eigenvalue weighted by molar-refractivity contribution is 9.09. The fourth-order valence-electron chi connectivity index (χ4n) is 3.24. The third-order valence-corrected chi connectivity index (χ3v) is 5.94. The monoisotopic (exact) mass is 318 g/mol. The first-order chi connectivity index (χ1) is 8.43. The second-order valence-electron chi connectivity index (χ2n) is 7.07. The van der Waals surface area contributed by atoms with Crippen LogP contribution in [0.5, 0.6) is 0 Å². The van der Waals surface area contributed by atoms with E-state index < -0.39 is 0 Å². The van der Waals surface area contributed by atoms with Gasteiger partial charge in [-0.05, 0) is 62.2 Å². The average molecular weight is 319 g/mol. The molecule has 0 bridgehead atoms. The smallest absolute Gasteiger partial charge is 0.0466 e. The van der Waals surface area contributed by atoms with Crippen LogP contribution in [0.25, 0.3) is 0 Å². The Hall–Kier alpha value is 0.440. The van der Waals surface area contributed by atoms with E-state index in [-0.39, 0.29) is 0 Å². The lowest BCUT2D eigenvalue weighted by molar-refractivity contribution is 0.0811. The second kappa shape index (κ2) is 7.28. The lowest BCUT2D eigenvalue weighted by Crippen LogP contribution is -2.34. The molecule has 1 nitrogen and oxygen atoms in total. The molecule has 0 atom stereocenters. The van der Waals surface area contributed by atoms with E-state index in [1.54, 1.807) is 0 Å². The molecule has 0 aliphatic heterocycles. The van der Waals surface area contributed by atoms with Crippen molar-refractivity contribution < 1.29 is 4.74 Å². The summed E-state index contributed by atoms with van der Waals surface area (Å²) in [4.78, 5) is 0. The molecule has 18 heavy (non-hydrogen) atoms. The fourth-order valence-corrected chi connectivity index (χ4v) is 4.08. The van der Waals surface area contributed by atoms with Gasteiger partial charge in [0.2, 0.25) is 0 Å². The van der Waals surface area contributed by atoms with E-state index in [1.165, 1.54) is 43.9 Å². The van der Waals surface area contributed by atoms with Crippen molar-refractivity contribution >= 4 is 15.9 Å². The summed E-state index contributed by atoms with van der Waals surface area (Å²) in [5, 5.41) is 1.17. The van der Waals surface area contributed by atoms with Crippen molar-refractivity contribution in [2.24, 2.45) is 16.7 Å². The van der Waals surface area contributed by atoms with Crippen LogP contribution in [0.1, 0.15) is 66.2 Å². The van der Waals surface area contributed by atoms with Crippen molar-refractivity contribution in [3.05, 3.63) is 0 Å². The van der Waals surface area contributed by atoms with Crippen molar-refractivity contribution in [3.63, 3.8) is 0 Å². The van der Waals surface area contributed by atoms with Gasteiger partial charge in [-0.3, -0.25) is 0 Å². The van der Waals surface area contributed by atoms with E-state index in [9.17, 15) is 0 Å². The lowest BCUT2D eigenvalue weighted by atomic mass is 9.63. The largest absolute Gasteiger partial charge is 0.382 e. The van der Waals surface area contributed by atoms with Gasteiger partial charge in [0.15, 0.2) is 0 Å². The van der Waals surface area contributed by atoms with Crippen LogP contribution >= 0.6 is 15.9 Å². The molecule has 1 saturated carbocycles. The van der Waals surface area contributed by atoms with Gasteiger partial charge < -0.3 is 4.74 Å². The number of halogens is 1. The molecule has 0 aromatic carbocycles. The quantitative estimate of drug-likeness (QED) is 0.469. The highest BCUT2D eigenvalue weighted by Gasteiger charge is 2.37. The van der Waals surface area contributed by atoms with Crippen LogP contribution in [0.2, 0.25) is 0 Å². The van der Waals surface area contributed by atoms with Gasteiger partial charge in [-0.15, -0.1) is 0 Å². The molecule has 0 amide bonds. The van der Waals surface area contributed by atoms with Crippen LogP contribution < -0.4 is 0 Å². The van der Waals surface area contributed by atoms with E-state index >= 15 is 0 Å². The molecule has 0 spiro atoms. The molecule has 1 fully saturated rings. The van der Waals surface area contributed by atoms with Crippen molar-refractivity contribution in [2.45, 2.75) is 66.2 Å². The van der Waals surface area contributed by atoms with Crippen LogP contribution in [0.4, 0.5) is 0 Å². The van der Waals surface area contributed by atoms with Gasteiger partial charge in [0.25, 0.3) is 0 Å². The van der Waals surface area contributed by atoms with E-state index in [1.807, 2.05) is 0 Å². The Balaban J connectivity index is 2.40. The van der Waals surface area contributed by atoms with Crippen LogP contribution in [0.3, 0.4) is 0 Å². The van der Waals surface area contributed by atoms with Gasteiger partial charge in [-0.2, -0.15) is 0 Å². The normalized spacial score (nSPS) is 29.5. The third-order valence-electron chi connectivity index (χ3n) is 4.75. The maximum atomic E-state index is 5.47. The minimum Gasteiger partial charge on any atom is -0.382 e. The summed E-state index contributed by atoms with van der Waals surface area (Å²) in [5.74, 6) is 0.913. The minimum absolute atomic E-state index is 0.490. The van der Waals surface area contributed by atoms with Crippen molar-refractivity contribution in [1.82, 2.24) is 0 Å². The first-order valence-electron chi connectivity index (χ1n) is 7.57. The Morgan fingerprint density at radius 2 is 1.83 bits per heavy atom. The van der Waals surface area contributed by atoms with Gasteiger partial charge in [0, 0.05) is 18.5 Å². The topological polar surface area (TPSA) is 9.23 Å². The molecule has 108 valence electrons. The fraction of sp³-hybridized carbons (Fsp3) is 1.00. The summed E-state index contributed by atoms with van der Waals surface area (Å²) in [6.07, 6.45) is 8.15. The van der Waals surface area contributed by atoms with E-state index in [0.717, 1.165) is 19.1 Å². The number of alkyl halides is 1. The maximum Gasteiger partial charge on any atom is 0.0466 e. The lowest BCUT2D eigenvalue weighted by Gasteiger charge is -2.43. The SMILES string of the molecule is CCOCCCC1(CBr)CCC(C(C)(C)C)CC1. The van der Waals surface area contributed by atoms with Crippen LogP contribution in [0, 0.1) is 16.7 Å². The van der Waals surface area contributed by atoms with Gasteiger partial charge in [0.1, 0.15) is 0 Å². The average Bonchev–Trinajstić information content (AvgIpc) is 2.34. The molecule has 0 N–H and O–H groups in total. The van der Waals surface area contributed by atoms with Crippen LogP contribution in [0.15, 0.2) is 0 Å². The molecule has 0 aromatic heterocycles. The molecular weight excluding hydrogens is 288 g/mol. The third kappa shape index (κ3) is 4.85. The Morgan fingerprint density at radius 1 is 1.22 bits per heavy atom. The molecular formula is C16H31BrO. The molecule has 0 radical (unpaired) electrons. The number of hydrogen-bond donors (Lipinski definition) is 0. The Kier molecular flexibility index (Phi) is 6.67. The number of rotatable bonds is 6. The molecule has 0 saturated heterocycles. The molecule has 1 aliphatic carbocycles. The summed E-state index contributed by atoms with van der Waals surface area (Å²) in [7, 11) is 0. The summed E-state index contributed by atoms with van der Waals surface area (Å²) in [5.41, 5.74) is 1.04. The van der Waals surface area contributed by atoms with E-state index in [4.69, 9.17) is 4.74 Å². The first kappa shape index (κ1) is 16.5. The van der Waals surface area contributed by atoms with Crippen molar-refractivity contribution in [3.8, 4) is 0 Å². The highest BCUT2D eigenvalue weighted by atomic mass is 79.9. The van der Waals surface area contributed by atoms with Crippen LogP contribution in [-0.4, -0.2) is 18.5 Å². The van der Waals surface area contributed by atoms with Crippen LogP contribution in [-0.2, 0) is 4.74 Å². The Labute approximate surface area is 122 Å². The van der Waals surface area contributed by atoms with Gasteiger partial charge in [-0.25, -0.2) is 0 Å². The molecule has 1 aliphatic rings. The molecule has 0 heterocycles. The standard InChI is InChI=1S/C16H31BrO/c1-5-18-12-6-9-16(13-17)10-7-14(8-11-16)15(2,3)4/h14H,5-13H2,1-4H3. The molecule has 0 unspecified atom stereocenters. The summed E-state index contributed by atoms with van der Waals surface area (Å²) >= 11 is 3.77. The van der Waals surface area contributed by atoms with E-state index in [2.05, 4.69) is 43.6 Å². The number of hydrogen-bond acceptors (Lipinski definition) is 1. The highest BCUT2D eigenvalue weighted by Crippen LogP contribution is 2.48. The summed E-state index contributed by atoms with van der Waals surface area (Å²) in [6, 6.07) is 0. The Bertz CT molecular complexity index is 224. The molecule has 1 rings (SSSR count). The number of ether oxygens (including phenoxy) is 1. The minimum atomic E-state index is 0.490. The van der Waals surface area contributed by atoms with Gasteiger partial charge >= 0.3 is 0 Å². The zero-order valence-electron chi connectivity index (χ0n) is 12.7. The predicted octanol–water partition coefficient (Wildman–Crippen LogP) is 5.42. The first-order valence-corrected chi connectivity index (χ1v) is 8.69. The van der Waals surface area contributed by atoms with Crippen molar-refractivity contribution in [2.75, 3.05) is 18.5 Å². The van der Waals surface area contributed by atoms with Crippen molar-refractivity contribution in [1.29, 1.82) is 0 Å². The second-order valence-corrected chi connectivity index (χ2v) is 7.64. The zero-order chi connectivity index (χ0) is 13.6. The van der Waals surface area contributed by atoms with Gasteiger partial charge in [0.05, 0.1) is 0 Å². The predicted molar refractivity (Wildman–Crippen MR) is 83.4 cm³/mol. The zero-order valence-corrected chi connectivity index (χ0v) is 14.3.